The van der Waals surface area contributed by atoms with Crippen LogP contribution in [-0.2, 0) is 0 Å². The lowest BCUT2D eigenvalue weighted by atomic mass is 10.0. The fourth-order valence-electron chi connectivity index (χ4n) is 2.65. The molecule has 0 aromatic carbocycles. The van der Waals surface area contributed by atoms with Crippen molar-refractivity contribution in [2.75, 3.05) is 13.1 Å². The summed E-state index contributed by atoms with van der Waals surface area (Å²) >= 11 is 0. The highest BCUT2D eigenvalue weighted by molar-refractivity contribution is 5.91. The van der Waals surface area contributed by atoms with Gasteiger partial charge in [-0.05, 0) is 44.7 Å². The second-order valence-corrected chi connectivity index (χ2v) is 6.41. The van der Waals surface area contributed by atoms with E-state index in [-0.39, 0.29) is 11.7 Å². The van der Waals surface area contributed by atoms with E-state index >= 15 is 0 Å². The van der Waals surface area contributed by atoms with Gasteiger partial charge in [0.25, 0.3) is 5.91 Å². The molecule has 2 aromatic rings. The molecule has 0 unspecified atom stereocenters. The van der Waals surface area contributed by atoms with E-state index in [0.717, 1.165) is 12.8 Å². The first-order chi connectivity index (χ1) is 11.4. The Morgan fingerprint density at radius 2 is 1.96 bits per heavy atom. The van der Waals surface area contributed by atoms with Crippen molar-refractivity contribution < 1.29 is 14.3 Å². The van der Waals surface area contributed by atoms with E-state index in [1.54, 1.807) is 43.5 Å². The Hall–Kier alpha value is -2.59. The summed E-state index contributed by atoms with van der Waals surface area (Å²) in [7, 11) is 0. The van der Waals surface area contributed by atoms with Crippen LogP contribution >= 0.6 is 0 Å². The zero-order valence-electron chi connectivity index (χ0n) is 13.8. The minimum atomic E-state index is -1.10. The molecule has 1 N–H and O–H groups in total. The molecular formula is C17H20N4O3. The number of nitrogens with zero attached hydrogens (tertiary/aromatic N) is 4. The molecule has 3 rings (SSSR count). The molecule has 0 saturated carbocycles. The zero-order valence-corrected chi connectivity index (χ0v) is 13.8. The van der Waals surface area contributed by atoms with Crippen molar-refractivity contribution in [1.82, 2.24) is 19.7 Å². The quantitative estimate of drug-likeness (QED) is 0.844. The molecule has 1 fully saturated rings. The van der Waals surface area contributed by atoms with Gasteiger partial charge in [-0.25, -0.2) is 0 Å². The Kier molecular flexibility index (Phi) is 4.40. The van der Waals surface area contributed by atoms with Crippen LogP contribution in [0.15, 0.2) is 29.2 Å². The molecule has 2 aromatic heterocycles. The average molecular weight is 328 g/mol. The number of hydrogen-bond donors (Lipinski definition) is 1. The number of aliphatic hydroxyl groups is 1. The second-order valence-electron chi connectivity index (χ2n) is 6.41. The molecule has 0 radical (unpaired) electrons. The standard InChI is InChI=1S/C17H20N4O3/c1-17(2,23)8-5-14-3-4-15(24-14)16(22)20-9-6-13(7-10-20)21-11-18-19-12-21/h3-4,11-13,23H,6-7,9-10H2,1-2H3. The van der Waals surface area contributed by atoms with Gasteiger partial charge in [0.15, 0.2) is 11.5 Å². The van der Waals surface area contributed by atoms with Gasteiger partial charge in [-0.3, -0.25) is 4.79 Å². The Bertz CT molecular complexity index is 754. The number of likely N-dealkylation sites (tertiary alicyclic amines) is 1. The molecule has 1 saturated heterocycles. The Balaban J connectivity index is 1.61. The first-order valence-electron chi connectivity index (χ1n) is 7.91. The van der Waals surface area contributed by atoms with Crippen LogP contribution in [0, 0.1) is 11.8 Å². The van der Waals surface area contributed by atoms with Crippen molar-refractivity contribution in [2.24, 2.45) is 0 Å². The van der Waals surface area contributed by atoms with E-state index in [0.29, 0.717) is 24.9 Å². The minimum absolute atomic E-state index is 0.131. The Labute approximate surface area is 140 Å². The monoisotopic (exact) mass is 328 g/mol. The van der Waals surface area contributed by atoms with Gasteiger partial charge >= 0.3 is 0 Å². The molecule has 1 aliphatic heterocycles. The van der Waals surface area contributed by atoms with Crippen LogP contribution in [0.4, 0.5) is 0 Å². The predicted octanol–water partition coefficient (Wildman–Crippen LogP) is 1.47. The van der Waals surface area contributed by atoms with Crippen LogP contribution in [0.5, 0.6) is 0 Å². The fourth-order valence-corrected chi connectivity index (χ4v) is 2.65. The SMILES string of the molecule is CC(C)(O)C#Cc1ccc(C(=O)N2CCC(n3cnnc3)CC2)o1. The first-order valence-corrected chi connectivity index (χ1v) is 7.91. The first kappa shape index (κ1) is 16.3. The molecule has 0 bridgehead atoms. The topological polar surface area (TPSA) is 84.4 Å². The third kappa shape index (κ3) is 3.84. The summed E-state index contributed by atoms with van der Waals surface area (Å²) in [6, 6.07) is 3.60. The lowest BCUT2D eigenvalue weighted by Crippen LogP contribution is -2.38. The van der Waals surface area contributed by atoms with Crippen molar-refractivity contribution in [3.05, 3.63) is 36.3 Å². The summed E-state index contributed by atoms with van der Waals surface area (Å²) in [6.07, 6.45) is 5.14. The molecule has 7 heteroatoms. The predicted molar refractivity (Wildman–Crippen MR) is 86.1 cm³/mol. The smallest absolute Gasteiger partial charge is 0.289 e. The summed E-state index contributed by atoms with van der Waals surface area (Å²) < 4.78 is 7.48. The zero-order chi connectivity index (χ0) is 17.2. The van der Waals surface area contributed by atoms with Gasteiger partial charge in [0.1, 0.15) is 18.3 Å². The minimum Gasteiger partial charge on any atom is -0.443 e. The van der Waals surface area contributed by atoms with Crippen LogP contribution < -0.4 is 0 Å². The molecule has 7 nitrogen and oxygen atoms in total. The van der Waals surface area contributed by atoms with Crippen LogP contribution in [0.25, 0.3) is 0 Å². The van der Waals surface area contributed by atoms with E-state index in [4.69, 9.17) is 4.42 Å². The number of piperidine rings is 1. The van der Waals surface area contributed by atoms with Gasteiger partial charge in [-0.1, -0.05) is 5.92 Å². The highest BCUT2D eigenvalue weighted by Gasteiger charge is 2.26. The summed E-state index contributed by atoms with van der Waals surface area (Å²) in [5.74, 6) is 5.92. The molecule has 0 spiro atoms. The molecule has 1 amide bonds. The Morgan fingerprint density at radius 3 is 2.58 bits per heavy atom. The van der Waals surface area contributed by atoms with Gasteiger partial charge < -0.3 is 19.0 Å². The van der Waals surface area contributed by atoms with Crippen molar-refractivity contribution >= 4 is 5.91 Å². The third-order valence-electron chi connectivity index (χ3n) is 3.92. The summed E-state index contributed by atoms with van der Waals surface area (Å²) in [4.78, 5) is 14.3. The maximum absolute atomic E-state index is 12.5. The second kappa shape index (κ2) is 6.49. The molecule has 0 atom stereocenters. The summed E-state index contributed by atoms with van der Waals surface area (Å²) in [5.41, 5.74) is -1.10. The van der Waals surface area contributed by atoms with Crippen molar-refractivity contribution in [2.45, 2.75) is 38.3 Å². The maximum Gasteiger partial charge on any atom is 0.289 e. The Morgan fingerprint density at radius 1 is 1.29 bits per heavy atom. The highest BCUT2D eigenvalue weighted by Crippen LogP contribution is 2.23. The number of furan rings is 1. The van der Waals surface area contributed by atoms with Crippen LogP contribution in [0.3, 0.4) is 0 Å². The highest BCUT2D eigenvalue weighted by atomic mass is 16.4. The number of rotatable bonds is 2. The third-order valence-corrected chi connectivity index (χ3v) is 3.92. The fraction of sp³-hybridized carbons (Fsp3) is 0.471. The molecular weight excluding hydrogens is 308 g/mol. The number of carbonyl (C=O) groups excluding carboxylic acids is 1. The van der Waals surface area contributed by atoms with E-state index in [1.807, 2.05) is 4.57 Å². The lowest BCUT2D eigenvalue weighted by molar-refractivity contribution is 0.0662. The normalized spacial score (nSPS) is 15.9. The van der Waals surface area contributed by atoms with Crippen molar-refractivity contribution in [1.29, 1.82) is 0 Å². The van der Waals surface area contributed by atoms with Gasteiger partial charge in [0.2, 0.25) is 0 Å². The van der Waals surface area contributed by atoms with Gasteiger partial charge in [0.05, 0.1) is 0 Å². The number of amides is 1. The van der Waals surface area contributed by atoms with Crippen LogP contribution in [0.2, 0.25) is 0 Å². The molecule has 3 heterocycles. The van der Waals surface area contributed by atoms with Crippen molar-refractivity contribution in [3.8, 4) is 11.8 Å². The number of aromatic nitrogens is 3. The van der Waals surface area contributed by atoms with E-state index < -0.39 is 5.60 Å². The average Bonchev–Trinajstić information content (AvgIpc) is 3.23. The molecule has 126 valence electrons. The molecule has 0 aliphatic carbocycles. The van der Waals surface area contributed by atoms with E-state index in [2.05, 4.69) is 22.0 Å². The van der Waals surface area contributed by atoms with Gasteiger partial charge in [-0.15, -0.1) is 10.2 Å². The molecule has 1 aliphatic rings. The van der Waals surface area contributed by atoms with Gasteiger partial charge in [-0.2, -0.15) is 0 Å². The van der Waals surface area contributed by atoms with E-state index in [9.17, 15) is 9.90 Å². The lowest BCUT2D eigenvalue weighted by Gasteiger charge is -2.31. The largest absolute Gasteiger partial charge is 0.443 e. The van der Waals surface area contributed by atoms with Crippen LogP contribution in [-0.4, -0.2) is 49.4 Å². The maximum atomic E-state index is 12.5. The van der Waals surface area contributed by atoms with E-state index in [1.165, 1.54) is 0 Å². The number of hydrogen-bond acceptors (Lipinski definition) is 5. The number of carbonyl (C=O) groups is 1. The van der Waals surface area contributed by atoms with Crippen molar-refractivity contribution in [3.63, 3.8) is 0 Å². The summed E-state index contributed by atoms with van der Waals surface area (Å²) in [6.45, 7) is 4.50. The van der Waals surface area contributed by atoms with Crippen LogP contribution in [0.1, 0.15) is 49.0 Å². The molecule has 24 heavy (non-hydrogen) atoms. The summed E-state index contributed by atoms with van der Waals surface area (Å²) in [5, 5.41) is 17.2. The van der Waals surface area contributed by atoms with Gasteiger partial charge in [0, 0.05) is 19.1 Å².